The maximum absolute atomic E-state index is 11.6. The Morgan fingerprint density at radius 2 is 2.18 bits per heavy atom. The van der Waals surface area contributed by atoms with Gasteiger partial charge in [0, 0.05) is 6.42 Å². The van der Waals surface area contributed by atoms with E-state index in [-0.39, 0.29) is 5.97 Å². The molecule has 0 radical (unpaired) electrons. The third-order valence-corrected chi connectivity index (χ3v) is 4.14. The fraction of sp³-hybridized carbons (Fsp3) is 0.611. The summed E-state index contributed by atoms with van der Waals surface area (Å²) >= 11 is 0. The Morgan fingerprint density at radius 1 is 1.32 bits per heavy atom. The summed E-state index contributed by atoms with van der Waals surface area (Å²) < 4.78 is 10.8. The lowest BCUT2D eigenvalue weighted by Crippen LogP contribution is -2.19. The first kappa shape index (κ1) is 16.8. The van der Waals surface area contributed by atoms with Crippen molar-refractivity contribution in [3.8, 4) is 5.75 Å². The normalized spacial score (nSPS) is 16.9. The van der Waals surface area contributed by atoms with Crippen LogP contribution in [0, 0.1) is 5.92 Å². The smallest absolute Gasteiger partial charge is 0.306 e. The number of nitrogens with two attached hydrogens (primary N) is 1. The van der Waals surface area contributed by atoms with Crippen molar-refractivity contribution in [2.45, 2.75) is 45.4 Å². The highest BCUT2D eigenvalue weighted by molar-refractivity contribution is 5.69. The highest BCUT2D eigenvalue weighted by Gasteiger charge is 2.22. The number of carbonyl (C=O) groups is 1. The molecule has 4 heteroatoms. The second-order valence-corrected chi connectivity index (χ2v) is 5.89. The zero-order valence-corrected chi connectivity index (χ0v) is 13.5. The Bertz CT molecular complexity index is 487. The van der Waals surface area contributed by atoms with E-state index in [2.05, 4.69) is 12.1 Å². The number of carbonyl (C=O) groups excluding carboxylic acids is 1. The molecular weight excluding hydrogens is 278 g/mol. The number of benzene rings is 1. The summed E-state index contributed by atoms with van der Waals surface area (Å²) in [5.74, 6) is 1.23. The number of esters is 1. The van der Waals surface area contributed by atoms with Crippen molar-refractivity contribution in [1.29, 1.82) is 0 Å². The number of rotatable bonds is 8. The molecule has 2 rings (SSSR count). The van der Waals surface area contributed by atoms with Crippen LogP contribution in [0.5, 0.6) is 5.75 Å². The highest BCUT2D eigenvalue weighted by atomic mass is 16.5. The molecule has 0 amide bonds. The lowest BCUT2D eigenvalue weighted by Gasteiger charge is -2.24. The first-order chi connectivity index (χ1) is 10.7. The van der Waals surface area contributed by atoms with Crippen molar-refractivity contribution in [2.24, 2.45) is 11.7 Å². The van der Waals surface area contributed by atoms with Gasteiger partial charge in [-0.15, -0.1) is 0 Å². The van der Waals surface area contributed by atoms with Crippen LogP contribution in [-0.4, -0.2) is 25.7 Å². The molecule has 0 fully saturated rings. The van der Waals surface area contributed by atoms with Crippen LogP contribution < -0.4 is 10.5 Å². The van der Waals surface area contributed by atoms with Crippen LogP contribution in [0.25, 0.3) is 0 Å². The maximum Gasteiger partial charge on any atom is 0.306 e. The standard InChI is InChI=1S/C18H27NO3/c1-2-21-18(20)12-14-5-6-15-7-8-17(13-16(15)11-14)22-10-4-3-9-19/h7-8,13-14H,2-6,9-12,19H2,1H3. The maximum atomic E-state index is 11.6. The van der Waals surface area contributed by atoms with Crippen molar-refractivity contribution in [3.63, 3.8) is 0 Å². The van der Waals surface area contributed by atoms with Crippen LogP contribution in [0.15, 0.2) is 18.2 Å². The second-order valence-electron chi connectivity index (χ2n) is 5.89. The van der Waals surface area contributed by atoms with Crippen LogP contribution in [0.2, 0.25) is 0 Å². The van der Waals surface area contributed by atoms with Crippen LogP contribution >= 0.6 is 0 Å². The lowest BCUT2D eigenvalue weighted by atomic mass is 9.82. The van der Waals surface area contributed by atoms with E-state index >= 15 is 0 Å². The first-order valence-corrected chi connectivity index (χ1v) is 8.33. The third kappa shape index (κ3) is 5.02. The molecule has 1 atom stereocenters. The van der Waals surface area contributed by atoms with Crippen LogP contribution in [0.4, 0.5) is 0 Å². The van der Waals surface area contributed by atoms with Crippen LogP contribution in [0.1, 0.15) is 43.7 Å². The van der Waals surface area contributed by atoms with E-state index in [1.165, 1.54) is 11.1 Å². The molecule has 0 aliphatic heterocycles. The van der Waals surface area contributed by atoms with Crippen molar-refractivity contribution < 1.29 is 14.3 Å². The van der Waals surface area contributed by atoms with Crippen LogP contribution in [-0.2, 0) is 22.4 Å². The predicted octanol–water partition coefficient (Wildman–Crippen LogP) is 2.86. The topological polar surface area (TPSA) is 61.5 Å². The molecule has 1 aliphatic carbocycles. The summed E-state index contributed by atoms with van der Waals surface area (Å²) in [7, 11) is 0. The number of ether oxygens (including phenoxy) is 2. The van der Waals surface area contributed by atoms with Gasteiger partial charge < -0.3 is 15.2 Å². The van der Waals surface area contributed by atoms with E-state index < -0.39 is 0 Å². The van der Waals surface area contributed by atoms with Gasteiger partial charge in [0.2, 0.25) is 0 Å². The molecule has 0 aromatic heterocycles. The average Bonchev–Trinajstić information content (AvgIpc) is 2.51. The summed E-state index contributed by atoms with van der Waals surface area (Å²) in [5.41, 5.74) is 8.18. The van der Waals surface area contributed by atoms with E-state index in [1.807, 2.05) is 13.0 Å². The molecule has 1 aromatic carbocycles. The molecule has 0 saturated heterocycles. The molecule has 0 spiro atoms. The first-order valence-electron chi connectivity index (χ1n) is 8.33. The van der Waals surface area contributed by atoms with Gasteiger partial charge in [-0.25, -0.2) is 0 Å². The molecule has 0 saturated carbocycles. The molecule has 0 bridgehead atoms. The summed E-state index contributed by atoms with van der Waals surface area (Å²) in [6.07, 6.45) is 5.53. The third-order valence-electron chi connectivity index (χ3n) is 4.14. The minimum absolute atomic E-state index is 0.0786. The number of unbranched alkanes of at least 4 members (excludes halogenated alkanes) is 1. The van der Waals surface area contributed by atoms with Gasteiger partial charge in [-0.05, 0) is 74.8 Å². The van der Waals surface area contributed by atoms with Crippen LogP contribution in [0.3, 0.4) is 0 Å². The van der Waals surface area contributed by atoms with Gasteiger partial charge >= 0.3 is 5.97 Å². The molecule has 1 unspecified atom stereocenters. The summed E-state index contributed by atoms with van der Waals surface area (Å²) in [4.78, 5) is 11.6. The minimum atomic E-state index is -0.0786. The Hall–Kier alpha value is -1.55. The van der Waals surface area contributed by atoms with E-state index in [0.29, 0.717) is 32.1 Å². The molecule has 4 nitrogen and oxygen atoms in total. The van der Waals surface area contributed by atoms with Crippen molar-refractivity contribution in [3.05, 3.63) is 29.3 Å². The van der Waals surface area contributed by atoms with E-state index in [0.717, 1.165) is 37.9 Å². The molecule has 2 N–H and O–H groups in total. The quantitative estimate of drug-likeness (QED) is 0.592. The minimum Gasteiger partial charge on any atom is -0.494 e. The number of hydrogen-bond acceptors (Lipinski definition) is 4. The molecule has 1 aliphatic rings. The summed E-state index contributed by atoms with van der Waals surface area (Å²) in [6.45, 7) is 3.73. The van der Waals surface area contributed by atoms with Gasteiger partial charge in [-0.1, -0.05) is 6.07 Å². The second kappa shape index (κ2) is 8.79. The lowest BCUT2D eigenvalue weighted by molar-refractivity contribution is -0.144. The fourth-order valence-electron chi connectivity index (χ4n) is 2.96. The average molecular weight is 305 g/mol. The summed E-state index contributed by atoms with van der Waals surface area (Å²) in [5, 5.41) is 0. The van der Waals surface area contributed by atoms with Gasteiger partial charge in [0.05, 0.1) is 13.2 Å². The van der Waals surface area contributed by atoms with Crippen molar-refractivity contribution in [1.82, 2.24) is 0 Å². The largest absolute Gasteiger partial charge is 0.494 e. The fourth-order valence-corrected chi connectivity index (χ4v) is 2.96. The highest BCUT2D eigenvalue weighted by Crippen LogP contribution is 2.30. The zero-order valence-electron chi connectivity index (χ0n) is 13.5. The van der Waals surface area contributed by atoms with Gasteiger partial charge in [-0.2, -0.15) is 0 Å². The Labute approximate surface area is 133 Å². The van der Waals surface area contributed by atoms with Crippen molar-refractivity contribution >= 4 is 5.97 Å². The van der Waals surface area contributed by atoms with Gasteiger partial charge in [-0.3, -0.25) is 4.79 Å². The van der Waals surface area contributed by atoms with E-state index in [4.69, 9.17) is 15.2 Å². The Morgan fingerprint density at radius 3 is 2.95 bits per heavy atom. The van der Waals surface area contributed by atoms with E-state index in [1.54, 1.807) is 0 Å². The zero-order chi connectivity index (χ0) is 15.8. The molecule has 122 valence electrons. The summed E-state index contributed by atoms with van der Waals surface area (Å²) in [6, 6.07) is 6.34. The SMILES string of the molecule is CCOC(=O)CC1CCc2ccc(OCCCCN)cc2C1. The van der Waals surface area contributed by atoms with Gasteiger partial charge in [0.1, 0.15) is 5.75 Å². The van der Waals surface area contributed by atoms with Gasteiger partial charge in [0.15, 0.2) is 0 Å². The molecule has 22 heavy (non-hydrogen) atoms. The number of fused-ring (bicyclic) bond motifs is 1. The molecule has 1 aromatic rings. The monoisotopic (exact) mass is 305 g/mol. The van der Waals surface area contributed by atoms with E-state index in [9.17, 15) is 4.79 Å². The Kier molecular flexibility index (Phi) is 6.72. The molecule has 0 heterocycles. The number of aryl methyl sites for hydroxylation is 1. The van der Waals surface area contributed by atoms with Crippen molar-refractivity contribution in [2.75, 3.05) is 19.8 Å². The number of hydrogen-bond donors (Lipinski definition) is 1. The van der Waals surface area contributed by atoms with Gasteiger partial charge in [0.25, 0.3) is 0 Å². The Balaban J connectivity index is 1.90. The molecular formula is C18H27NO3. The predicted molar refractivity (Wildman–Crippen MR) is 87.0 cm³/mol.